The molecule has 8 rings (SSSR count). The maximum atomic E-state index is 3.81. The van der Waals surface area contributed by atoms with Crippen LogP contribution in [0.4, 0.5) is 11.4 Å². The molecule has 0 saturated heterocycles. The van der Waals surface area contributed by atoms with E-state index >= 15 is 0 Å². The standard InChI is InChI=1S/C43H35N3/c1-29-16-10-11-21-35(29)42-30(2)46(41-25-15-12-22-37(41)42)34-26-27-36(39(28-34)44-32-17-6-4-7-18-32)43-31(3)45(33-19-8-5-9-20-33)40-24-14-13-23-38(40)43/h4-28,44H,1-3H3. The van der Waals surface area contributed by atoms with Gasteiger partial charge in [0.15, 0.2) is 0 Å². The minimum absolute atomic E-state index is 1.06. The highest BCUT2D eigenvalue weighted by atomic mass is 15.0. The van der Waals surface area contributed by atoms with Crippen LogP contribution in [0, 0.1) is 20.8 Å². The summed E-state index contributed by atoms with van der Waals surface area (Å²) in [5.74, 6) is 0. The van der Waals surface area contributed by atoms with Gasteiger partial charge in [0.2, 0.25) is 0 Å². The Bertz CT molecular complexity index is 2360. The van der Waals surface area contributed by atoms with E-state index in [1.54, 1.807) is 0 Å². The normalized spacial score (nSPS) is 11.4. The number of aryl methyl sites for hydroxylation is 1. The van der Waals surface area contributed by atoms with Gasteiger partial charge in [-0.1, -0.05) is 103 Å². The molecule has 3 heteroatoms. The van der Waals surface area contributed by atoms with Crippen LogP contribution in [0.3, 0.4) is 0 Å². The number of hydrogen-bond donors (Lipinski definition) is 1. The summed E-state index contributed by atoms with van der Waals surface area (Å²) in [7, 11) is 0. The molecule has 0 fully saturated rings. The van der Waals surface area contributed by atoms with Crippen LogP contribution < -0.4 is 5.32 Å². The maximum absolute atomic E-state index is 3.81. The fourth-order valence-electron chi connectivity index (χ4n) is 7.18. The van der Waals surface area contributed by atoms with Crippen molar-refractivity contribution in [3.63, 3.8) is 0 Å². The van der Waals surface area contributed by atoms with Crippen LogP contribution in [0.15, 0.2) is 152 Å². The SMILES string of the molecule is Cc1ccccc1-c1c(C)n(-c2ccc(-c3c(C)n(-c4ccccc4)c4ccccc34)c(Nc3ccccc3)c2)c2ccccc12. The average molecular weight is 594 g/mol. The van der Waals surface area contributed by atoms with E-state index in [-0.39, 0.29) is 0 Å². The van der Waals surface area contributed by atoms with Gasteiger partial charge in [-0.2, -0.15) is 0 Å². The van der Waals surface area contributed by atoms with Gasteiger partial charge in [0.05, 0.1) is 11.0 Å². The number of fused-ring (bicyclic) bond motifs is 2. The molecule has 0 aliphatic rings. The molecule has 3 nitrogen and oxygen atoms in total. The molecule has 0 aliphatic heterocycles. The zero-order chi connectivity index (χ0) is 31.2. The molecule has 0 amide bonds. The van der Waals surface area contributed by atoms with Crippen molar-refractivity contribution in [3.05, 3.63) is 169 Å². The van der Waals surface area contributed by atoms with Crippen molar-refractivity contribution in [2.24, 2.45) is 0 Å². The van der Waals surface area contributed by atoms with Crippen molar-refractivity contribution in [3.8, 4) is 33.6 Å². The Kier molecular flexibility index (Phi) is 6.80. The largest absolute Gasteiger partial charge is 0.355 e. The molecular formula is C43H35N3. The van der Waals surface area contributed by atoms with Gasteiger partial charge in [0, 0.05) is 61.6 Å². The van der Waals surface area contributed by atoms with Crippen LogP contribution in [0.5, 0.6) is 0 Å². The lowest BCUT2D eigenvalue weighted by molar-refractivity contribution is 1.05. The predicted molar refractivity (Wildman–Crippen MR) is 195 cm³/mol. The van der Waals surface area contributed by atoms with Crippen molar-refractivity contribution in [2.75, 3.05) is 5.32 Å². The third-order valence-corrected chi connectivity index (χ3v) is 9.24. The van der Waals surface area contributed by atoms with E-state index in [0.29, 0.717) is 0 Å². The molecule has 0 aliphatic carbocycles. The van der Waals surface area contributed by atoms with Crippen LogP contribution in [-0.2, 0) is 0 Å². The summed E-state index contributed by atoms with van der Waals surface area (Å²) < 4.78 is 4.79. The number of aromatic nitrogens is 2. The van der Waals surface area contributed by atoms with Gasteiger partial charge in [-0.3, -0.25) is 0 Å². The molecular weight excluding hydrogens is 558 g/mol. The smallest absolute Gasteiger partial charge is 0.0537 e. The molecule has 0 atom stereocenters. The topological polar surface area (TPSA) is 21.9 Å². The maximum Gasteiger partial charge on any atom is 0.0537 e. The number of benzene rings is 6. The molecule has 0 bridgehead atoms. The van der Waals surface area contributed by atoms with Crippen molar-refractivity contribution >= 4 is 33.2 Å². The zero-order valence-electron chi connectivity index (χ0n) is 26.3. The van der Waals surface area contributed by atoms with E-state index in [1.165, 1.54) is 61.0 Å². The first-order valence-electron chi connectivity index (χ1n) is 15.9. The Labute approximate surface area is 270 Å². The minimum atomic E-state index is 1.06. The minimum Gasteiger partial charge on any atom is -0.355 e. The lowest BCUT2D eigenvalue weighted by Crippen LogP contribution is -2.01. The molecule has 0 radical (unpaired) electrons. The fraction of sp³-hybridized carbons (Fsp3) is 0.0698. The summed E-state index contributed by atoms with van der Waals surface area (Å²) in [5.41, 5.74) is 15.5. The molecule has 0 unspecified atom stereocenters. The van der Waals surface area contributed by atoms with Crippen LogP contribution in [0.25, 0.3) is 55.4 Å². The molecule has 0 saturated carbocycles. The summed E-state index contributed by atoms with van der Waals surface area (Å²) in [5, 5.41) is 6.31. The number of para-hydroxylation sites is 4. The number of anilines is 2. The Hall–Kier alpha value is -5.80. The van der Waals surface area contributed by atoms with Crippen LogP contribution >= 0.6 is 0 Å². The van der Waals surface area contributed by atoms with Gasteiger partial charge in [-0.05, 0) is 80.4 Å². The van der Waals surface area contributed by atoms with E-state index in [1.807, 2.05) is 0 Å². The van der Waals surface area contributed by atoms with E-state index in [0.717, 1.165) is 22.7 Å². The number of nitrogens with zero attached hydrogens (tertiary/aromatic N) is 2. The summed E-state index contributed by atoms with van der Waals surface area (Å²) in [6.45, 7) is 6.68. The summed E-state index contributed by atoms with van der Waals surface area (Å²) in [4.78, 5) is 0. The second-order valence-electron chi connectivity index (χ2n) is 12.0. The van der Waals surface area contributed by atoms with Gasteiger partial charge in [-0.25, -0.2) is 0 Å². The molecule has 1 N–H and O–H groups in total. The van der Waals surface area contributed by atoms with E-state index in [4.69, 9.17) is 0 Å². The fourth-order valence-corrected chi connectivity index (χ4v) is 7.18. The quantitative estimate of drug-likeness (QED) is 0.203. The molecule has 46 heavy (non-hydrogen) atoms. The first-order chi connectivity index (χ1) is 22.6. The van der Waals surface area contributed by atoms with Gasteiger partial charge in [0.1, 0.15) is 0 Å². The van der Waals surface area contributed by atoms with E-state index in [2.05, 4.69) is 187 Å². The van der Waals surface area contributed by atoms with Crippen molar-refractivity contribution in [1.82, 2.24) is 9.13 Å². The van der Waals surface area contributed by atoms with Crippen molar-refractivity contribution < 1.29 is 0 Å². The highest BCUT2D eigenvalue weighted by Gasteiger charge is 2.22. The second-order valence-corrected chi connectivity index (χ2v) is 12.0. The lowest BCUT2D eigenvalue weighted by atomic mass is 9.98. The van der Waals surface area contributed by atoms with Crippen molar-refractivity contribution in [2.45, 2.75) is 20.8 Å². The van der Waals surface area contributed by atoms with Crippen molar-refractivity contribution in [1.29, 1.82) is 0 Å². The first-order valence-corrected chi connectivity index (χ1v) is 15.9. The highest BCUT2D eigenvalue weighted by Crippen LogP contribution is 2.43. The zero-order valence-corrected chi connectivity index (χ0v) is 26.3. The predicted octanol–water partition coefficient (Wildman–Crippen LogP) is 11.6. The lowest BCUT2D eigenvalue weighted by Gasteiger charge is -2.17. The molecule has 2 aromatic heterocycles. The van der Waals surface area contributed by atoms with Gasteiger partial charge < -0.3 is 14.5 Å². The second kappa shape index (κ2) is 11.3. The number of nitrogens with one attached hydrogen (secondary N) is 1. The summed E-state index contributed by atoms with van der Waals surface area (Å²) in [6.07, 6.45) is 0. The summed E-state index contributed by atoms with van der Waals surface area (Å²) in [6, 6.07) is 54.2. The molecule has 222 valence electrons. The Morgan fingerprint density at radius 2 is 0.957 bits per heavy atom. The van der Waals surface area contributed by atoms with E-state index < -0.39 is 0 Å². The molecule has 0 spiro atoms. The van der Waals surface area contributed by atoms with E-state index in [9.17, 15) is 0 Å². The van der Waals surface area contributed by atoms with Crippen LogP contribution in [0.1, 0.15) is 17.0 Å². The Morgan fingerprint density at radius 1 is 0.435 bits per heavy atom. The number of rotatable bonds is 6. The third-order valence-electron chi connectivity index (χ3n) is 9.24. The molecule has 6 aromatic carbocycles. The Balaban J connectivity index is 1.38. The molecule has 8 aromatic rings. The average Bonchev–Trinajstić information content (AvgIpc) is 3.55. The van der Waals surface area contributed by atoms with Crippen LogP contribution in [-0.4, -0.2) is 9.13 Å². The van der Waals surface area contributed by atoms with Crippen LogP contribution in [0.2, 0.25) is 0 Å². The summed E-state index contributed by atoms with van der Waals surface area (Å²) >= 11 is 0. The molecule has 2 heterocycles. The highest BCUT2D eigenvalue weighted by molar-refractivity contribution is 6.03. The third kappa shape index (κ3) is 4.52. The first kappa shape index (κ1) is 27.7. The van der Waals surface area contributed by atoms with Gasteiger partial charge in [0.25, 0.3) is 0 Å². The van der Waals surface area contributed by atoms with Gasteiger partial charge >= 0.3 is 0 Å². The number of hydrogen-bond acceptors (Lipinski definition) is 1. The monoisotopic (exact) mass is 593 g/mol. The van der Waals surface area contributed by atoms with Gasteiger partial charge in [-0.15, -0.1) is 0 Å². The Morgan fingerprint density at radius 3 is 1.61 bits per heavy atom.